The zero-order chi connectivity index (χ0) is 22.8. The fourth-order valence-corrected chi connectivity index (χ4v) is 3.32. The molecule has 0 spiro atoms. The number of anilines is 1. The first kappa shape index (κ1) is 20.2. The first-order valence-corrected chi connectivity index (χ1v) is 10.1. The van der Waals surface area contributed by atoms with Gasteiger partial charge in [-0.1, -0.05) is 42.5 Å². The Labute approximate surface area is 187 Å². The lowest BCUT2D eigenvalue weighted by molar-refractivity contribution is 0.102. The van der Waals surface area contributed by atoms with Crippen molar-refractivity contribution in [1.29, 1.82) is 0 Å². The second-order valence-corrected chi connectivity index (χ2v) is 7.28. The van der Waals surface area contributed by atoms with Crippen LogP contribution in [0.3, 0.4) is 0 Å². The van der Waals surface area contributed by atoms with Gasteiger partial charge in [-0.05, 0) is 12.1 Å². The number of ether oxygens (including phenoxy) is 1. The number of aromatic nitrogens is 6. The van der Waals surface area contributed by atoms with E-state index in [1.54, 1.807) is 48.3 Å². The van der Waals surface area contributed by atoms with Crippen LogP contribution < -0.4 is 15.6 Å². The highest BCUT2D eigenvalue weighted by atomic mass is 16.5. The number of para-hydroxylation sites is 1. The molecule has 3 aromatic heterocycles. The number of rotatable bonds is 6. The van der Waals surface area contributed by atoms with E-state index in [2.05, 4.69) is 25.5 Å². The molecular weight excluding hydrogens is 422 g/mol. The molecule has 0 saturated heterocycles. The summed E-state index contributed by atoms with van der Waals surface area (Å²) in [7, 11) is 1.77. The van der Waals surface area contributed by atoms with E-state index >= 15 is 0 Å². The molecule has 0 fully saturated rings. The Bertz CT molecular complexity index is 1500. The summed E-state index contributed by atoms with van der Waals surface area (Å²) in [5.74, 6) is 1.21. The van der Waals surface area contributed by atoms with Gasteiger partial charge in [0, 0.05) is 30.9 Å². The number of benzene rings is 2. The van der Waals surface area contributed by atoms with Gasteiger partial charge in [0.15, 0.2) is 11.6 Å². The third-order valence-electron chi connectivity index (χ3n) is 4.89. The number of nitrogens with zero attached hydrogens (tertiary/aromatic N) is 5. The molecule has 0 aliphatic heterocycles. The summed E-state index contributed by atoms with van der Waals surface area (Å²) in [4.78, 5) is 32.7. The van der Waals surface area contributed by atoms with E-state index in [4.69, 9.17) is 4.74 Å². The largest absolute Gasteiger partial charge is 0.487 e. The molecule has 0 atom stereocenters. The van der Waals surface area contributed by atoms with Crippen molar-refractivity contribution in [2.75, 3.05) is 5.32 Å². The number of amides is 1. The van der Waals surface area contributed by atoms with Crippen LogP contribution in [0.5, 0.6) is 5.75 Å². The minimum Gasteiger partial charge on any atom is -0.487 e. The van der Waals surface area contributed by atoms with Crippen molar-refractivity contribution >= 4 is 17.5 Å². The number of aryl methyl sites for hydroxylation is 1. The zero-order valence-corrected chi connectivity index (χ0v) is 17.6. The zero-order valence-electron chi connectivity index (χ0n) is 17.6. The molecular formula is C23H19N7O3. The van der Waals surface area contributed by atoms with Crippen molar-refractivity contribution in [1.82, 2.24) is 29.4 Å². The monoisotopic (exact) mass is 441 g/mol. The van der Waals surface area contributed by atoms with Gasteiger partial charge in [0.1, 0.15) is 12.4 Å². The number of carbonyl (C=O) groups is 1. The predicted molar refractivity (Wildman–Crippen MR) is 121 cm³/mol. The molecule has 0 radical (unpaired) electrons. The van der Waals surface area contributed by atoms with Gasteiger partial charge in [0.25, 0.3) is 11.5 Å². The maximum Gasteiger partial charge on any atom is 0.276 e. The normalized spacial score (nSPS) is 10.9. The lowest BCUT2D eigenvalue weighted by Crippen LogP contribution is -2.17. The molecule has 5 aromatic rings. The first-order chi connectivity index (χ1) is 16.1. The number of nitrogens with one attached hydrogen (secondary N) is 2. The fraction of sp³-hybridized carbons (Fsp3) is 0.0870. The van der Waals surface area contributed by atoms with Crippen LogP contribution >= 0.6 is 0 Å². The molecule has 3 heterocycles. The van der Waals surface area contributed by atoms with Crippen LogP contribution in [-0.2, 0) is 13.7 Å². The van der Waals surface area contributed by atoms with Crippen molar-refractivity contribution in [3.05, 3.63) is 94.5 Å². The summed E-state index contributed by atoms with van der Waals surface area (Å²) in [6, 6.07) is 19.3. The highest BCUT2D eigenvalue weighted by Gasteiger charge is 2.15. The van der Waals surface area contributed by atoms with Crippen molar-refractivity contribution < 1.29 is 9.53 Å². The number of hydrogen-bond acceptors (Lipinski definition) is 6. The Kier molecular flexibility index (Phi) is 5.15. The Hall–Kier alpha value is -4.73. The van der Waals surface area contributed by atoms with Crippen LogP contribution in [0, 0.1) is 0 Å². The van der Waals surface area contributed by atoms with E-state index in [0.29, 0.717) is 34.4 Å². The molecule has 2 aromatic carbocycles. The molecule has 0 unspecified atom stereocenters. The smallest absolute Gasteiger partial charge is 0.276 e. The molecule has 164 valence electrons. The quantitative estimate of drug-likeness (QED) is 0.418. The molecule has 2 N–H and O–H groups in total. The lowest BCUT2D eigenvalue weighted by atomic mass is 10.2. The number of fused-ring (bicyclic) bond motifs is 1. The first-order valence-electron chi connectivity index (χ1n) is 10.1. The highest BCUT2D eigenvalue weighted by molar-refractivity contribution is 6.05. The molecule has 10 heteroatoms. The highest BCUT2D eigenvalue weighted by Crippen LogP contribution is 2.21. The summed E-state index contributed by atoms with van der Waals surface area (Å²) in [5, 5.41) is 11.2. The van der Waals surface area contributed by atoms with Crippen molar-refractivity contribution in [3.63, 3.8) is 0 Å². The number of aromatic amines is 1. The van der Waals surface area contributed by atoms with E-state index in [-0.39, 0.29) is 18.1 Å². The summed E-state index contributed by atoms with van der Waals surface area (Å²) < 4.78 is 8.67. The van der Waals surface area contributed by atoms with Gasteiger partial charge in [-0.3, -0.25) is 14.3 Å². The minimum absolute atomic E-state index is 0.0349. The third kappa shape index (κ3) is 4.22. The Balaban J connectivity index is 1.37. The fourth-order valence-electron chi connectivity index (χ4n) is 3.32. The van der Waals surface area contributed by atoms with Crippen LogP contribution in [0.15, 0.2) is 77.7 Å². The summed E-state index contributed by atoms with van der Waals surface area (Å²) >= 11 is 0. The second-order valence-electron chi connectivity index (χ2n) is 7.28. The minimum atomic E-state index is -0.349. The topological polar surface area (TPSA) is 119 Å². The molecule has 0 bridgehead atoms. The summed E-state index contributed by atoms with van der Waals surface area (Å²) in [6.45, 7) is 0.0349. The van der Waals surface area contributed by atoms with E-state index in [1.165, 1.54) is 10.6 Å². The van der Waals surface area contributed by atoms with Crippen LogP contribution in [0.1, 0.15) is 16.1 Å². The molecule has 1 amide bonds. The second kappa shape index (κ2) is 8.42. The van der Waals surface area contributed by atoms with Gasteiger partial charge in [0.05, 0.1) is 11.3 Å². The standard InChI is InChI=1S/C23H19N7O3/c1-29-12-11-19(27-29)25-22(32)17-9-5-6-10-18(17)33-14-16-13-20(31)30-23(24-16)26-21(28-30)15-7-3-2-4-8-15/h2-13H,14H2,1H3,(H,24,26,28)(H,25,27,32). The van der Waals surface area contributed by atoms with Crippen LogP contribution in [0.2, 0.25) is 0 Å². The third-order valence-corrected chi connectivity index (χ3v) is 4.89. The number of H-pyrrole nitrogens is 1. The number of carbonyl (C=O) groups excluding carboxylic acids is 1. The van der Waals surface area contributed by atoms with Gasteiger partial charge < -0.3 is 15.0 Å². The molecule has 33 heavy (non-hydrogen) atoms. The van der Waals surface area contributed by atoms with Gasteiger partial charge in [0.2, 0.25) is 5.78 Å². The van der Waals surface area contributed by atoms with Gasteiger partial charge in [-0.2, -0.15) is 14.6 Å². The van der Waals surface area contributed by atoms with Crippen molar-refractivity contribution in [2.24, 2.45) is 7.05 Å². The van der Waals surface area contributed by atoms with Crippen LogP contribution in [0.25, 0.3) is 17.2 Å². The summed E-state index contributed by atoms with van der Waals surface area (Å²) in [6.07, 6.45) is 1.73. The van der Waals surface area contributed by atoms with E-state index in [9.17, 15) is 9.59 Å². The van der Waals surface area contributed by atoms with E-state index in [0.717, 1.165) is 5.56 Å². The van der Waals surface area contributed by atoms with Gasteiger partial charge in [-0.15, -0.1) is 5.10 Å². The average Bonchev–Trinajstić information content (AvgIpc) is 3.45. The molecule has 5 rings (SSSR count). The SMILES string of the molecule is Cn1ccc(NC(=O)c2ccccc2OCc2cc(=O)n3nc(-c4ccccc4)nc3[nH]2)n1. The lowest BCUT2D eigenvalue weighted by Gasteiger charge is -2.11. The Morgan fingerprint density at radius 2 is 1.85 bits per heavy atom. The predicted octanol–water partition coefficient (Wildman–Crippen LogP) is 2.65. The number of hydrogen-bond donors (Lipinski definition) is 2. The maximum absolute atomic E-state index is 12.7. The Morgan fingerprint density at radius 3 is 2.64 bits per heavy atom. The molecule has 10 nitrogen and oxygen atoms in total. The molecule has 0 aliphatic carbocycles. The average molecular weight is 441 g/mol. The van der Waals surface area contributed by atoms with Gasteiger partial charge in [-0.25, -0.2) is 0 Å². The molecule has 0 aliphatic rings. The Morgan fingerprint density at radius 1 is 1.06 bits per heavy atom. The maximum atomic E-state index is 12.7. The van der Waals surface area contributed by atoms with Crippen molar-refractivity contribution in [3.8, 4) is 17.1 Å². The summed E-state index contributed by atoms with van der Waals surface area (Å²) in [5.41, 5.74) is 1.32. The van der Waals surface area contributed by atoms with E-state index < -0.39 is 0 Å². The van der Waals surface area contributed by atoms with Gasteiger partial charge >= 0.3 is 0 Å². The van der Waals surface area contributed by atoms with E-state index in [1.807, 2.05) is 30.3 Å². The van der Waals surface area contributed by atoms with Crippen LogP contribution in [-0.4, -0.2) is 35.3 Å². The van der Waals surface area contributed by atoms with Crippen molar-refractivity contribution in [2.45, 2.75) is 6.61 Å². The van der Waals surface area contributed by atoms with Crippen LogP contribution in [0.4, 0.5) is 5.82 Å². The molecule has 0 saturated carbocycles.